The molecule has 0 radical (unpaired) electrons. The fraction of sp³-hybridized carbons (Fsp3) is 0.429. The monoisotopic (exact) mass is 291 g/mol. The molecule has 1 unspecified atom stereocenters. The van der Waals surface area contributed by atoms with Crippen molar-refractivity contribution in [1.82, 2.24) is 9.97 Å². The summed E-state index contributed by atoms with van der Waals surface area (Å²) in [4.78, 5) is 8.40. The summed E-state index contributed by atoms with van der Waals surface area (Å²) in [5.74, 6) is 1.82. The number of thiophene rings is 1. The molecule has 2 aromatic heterocycles. The number of hydrogen-bond acceptors (Lipinski definition) is 6. The predicted molar refractivity (Wildman–Crippen MR) is 86.3 cm³/mol. The lowest BCUT2D eigenvalue weighted by Crippen LogP contribution is -2.19. The molecule has 20 heavy (non-hydrogen) atoms. The molecule has 5 nitrogen and oxygen atoms in total. The standard InChI is InChI=1S/C14H21N5S/c1-3-5-16-12-8-13(19-14(15)18-12)17-10(2)7-11-4-6-20-9-11/h4,6,8-10H,3,5,7H2,1-2H3,(H4,15,16,17,18,19). The van der Waals surface area contributed by atoms with E-state index in [0.717, 1.165) is 31.0 Å². The SMILES string of the molecule is CCCNc1cc(NC(C)Cc2ccsc2)nc(N)n1. The lowest BCUT2D eigenvalue weighted by molar-refractivity contribution is 0.786. The van der Waals surface area contributed by atoms with Crippen molar-refractivity contribution in [3.05, 3.63) is 28.5 Å². The molecule has 0 aliphatic carbocycles. The van der Waals surface area contributed by atoms with Gasteiger partial charge in [-0.15, -0.1) is 0 Å². The second kappa shape index (κ2) is 7.09. The number of nitrogens with zero attached hydrogens (tertiary/aromatic N) is 2. The molecule has 6 heteroatoms. The maximum Gasteiger partial charge on any atom is 0.223 e. The molecule has 4 N–H and O–H groups in total. The van der Waals surface area contributed by atoms with E-state index in [4.69, 9.17) is 5.73 Å². The van der Waals surface area contributed by atoms with Crippen molar-refractivity contribution >= 4 is 28.9 Å². The Morgan fingerprint density at radius 3 is 2.85 bits per heavy atom. The minimum Gasteiger partial charge on any atom is -0.370 e. The summed E-state index contributed by atoms with van der Waals surface area (Å²) >= 11 is 1.72. The predicted octanol–water partition coefficient (Wildman–Crippen LogP) is 2.99. The molecular formula is C14H21N5S. The van der Waals surface area contributed by atoms with Crippen LogP contribution < -0.4 is 16.4 Å². The van der Waals surface area contributed by atoms with E-state index in [2.05, 4.69) is 51.3 Å². The molecule has 0 fully saturated rings. The number of rotatable bonds is 7. The van der Waals surface area contributed by atoms with Crippen LogP contribution in [-0.4, -0.2) is 22.6 Å². The first-order chi connectivity index (χ1) is 9.67. The Hall–Kier alpha value is -1.82. The average Bonchev–Trinajstić information content (AvgIpc) is 2.88. The quantitative estimate of drug-likeness (QED) is 0.731. The van der Waals surface area contributed by atoms with Crippen LogP contribution in [0, 0.1) is 0 Å². The van der Waals surface area contributed by atoms with Gasteiger partial charge in [0.25, 0.3) is 0 Å². The number of anilines is 3. The summed E-state index contributed by atoms with van der Waals surface area (Å²) in [7, 11) is 0. The van der Waals surface area contributed by atoms with Crippen LogP contribution in [0.2, 0.25) is 0 Å². The molecule has 0 amide bonds. The third-order valence-electron chi connectivity index (χ3n) is 2.82. The molecule has 0 saturated carbocycles. The first-order valence-corrected chi connectivity index (χ1v) is 7.77. The Kier molecular flexibility index (Phi) is 5.17. The van der Waals surface area contributed by atoms with E-state index < -0.39 is 0 Å². The van der Waals surface area contributed by atoms with Crippen LogP contribution in [0.5, 0.6) is 0 Å². The van der Waals surface area contributed by atoms with Crippen LogP contribution in [0.3, 0.4) is 0 Å². The molecule has 2 rings (SSSR count). The van der Waals surface area contributed by atoms with E-state index in [1.54, 1.807) is 11.3 Å². The Morgan fingerprint density at radius 1 is 1.35 bits per heavy atom. The van der Waals surface area contributed by atoms with E-state index in [-0.39, 0.29) is 12.0 Å². The van der Waals surface area contributed by atoms with Crippen LogP contribution in [0.25, 0.3) is 0 Å². The molecular weight excluding hydrogens is 270 g/mol. The van der Waals surface area contributed by atoms with Crippen LogP contribution >= 0.6 is 11.3 Å². The largest absolute Gasteiger partial charge is 0.370 e. The van der Waals surface area contributed by atoms with Crippen LogP contribution in [0.15, 0.2) is 22.9 Å². The fourth-order valence-corrected chi connectivity index (χ4v) is 2.63. The summed E-state index contributed by atoms with van der Waals surface area (Å²) in [5.41, 5.74) is 7.08. The third-order valence-corrected chi connectivity index (χ3v) is 3.55. The van der Waals surface area contributed by atoms with E-state index in [0.29, 0.717) is 0 Å². The molecule has 2 heterocycles. The molecule has 0 aliphatic rings. The van der Waals surface area contributed by atoms with Crippen molar-refractivity contribution in [3.8, 4) is 0 Å². The number of aromatic nitrogens is 2. The van der Waals surface area contributed by atoms with Crippen LogP contribution in [0.1, 0.15) is 25.8 Å². The Labute approximate surface area is 123 Å². The molecule has 0 aromatic carbocycles. The highest BCUT2D eigenvalue weighted by Crippen LogP contribution is 2.15. The smallest absolute Gasteiger partial charge is 0.223 e. The van der Waals surface area contributed by atoms with Gasteiger partial charge >= 0.3 is 0 Å². The summed E-state index contributed by atoms with van der Waals surface area (Å²) in [6.07, 6.45) is 2.01. The van der Waals surface area contributed by atoms with Gasteiger partial charge in [-0.1, -0.05) is 6.92 Å². The highest BCUT2D eigenvalue weighted by atomic mass is 32.1. The maximum atomic E-state index is 5.74. The third kappa shape index (κ3) is 4.38. The zero-order chi connectivity index (χ0) is 14.4. The van der Waals surface area contributed by atoms with Gasteiger partial charge in [-0.05, 0) is 42.2 Å². The van der Waals surface area contributed by atoms with Gasteiger partial charge in [0.2, 0.25) is 5.95 Å². The van der Waals surface area contributed by atoms with Gasteiger partial charge in [0.15, 0.2) is 0 Å². The number of nitrogens with two attached hydrogens (primary N) is 1. The Balaban J connectivity index is 1.98. The van der Waals surface area contributed by atoms with Gasteiger partial charge in [-0.3, -0.25) is 0 Å². The van der Waals surface area contributed by atoms with E-state index in [1.807, 2.05) is 6.07 Å². The van der Waals surface area contributed by atoms with Crippen molar-refractivity contribution in [1.29, 1.82) is 0 Å². The molecule has 1 atom stereocenters. The van der Waals surface area contributed by atoms with Gasteiger partial charge in [0.1, 0.15) is 11.6 Å². The van der Waals surface area contributed by atoms with Crippen molar-refractivity contribution in [2.45, 2.75) is 32.7 Å². The average molecular weight is 291 g/mol. The van der Waals surface area contributed by atoms with Gasteiger partial charge in [-0.2, -0.15) is 21.3 Å². The Morgan fingerprint density at radius 2 is 2.15 bits per heavy atom. The minimum atomic E-state index is 0.288. The molecule has 0 spiro atoms. The summed E-state index contributed by atoms with van der Waals surface area (Å²) in [6.45, 7) is 5.12. The van der Waals surface area contributed by atoms with Crippen molar-refractivity contribution in [2.24, 2.45) is 0 Å². The lowest BCUT2D eigenvalue weighted by atomic mass is 10.1. The summed E-state index contributed by atoms with van der Waals surface area (Å²) in [6, 6.07) is 4.33. The maximum absolute atomic E-state index is 5.74. The fourth-order valence-electron chi connectivity index (χ4n) is 1.95. The van der Waals surface area contributed by atoms with Gasteiger partial charge in [-0.25, -0.2) is 0 Å². The second-order valence-corrected chi connectivity index (χ2v) is 5.58. The number of nitrogens with one attached hydrogen (secondary N) is 2. The minimum absolute atomic E-state index is 0.288. The molecule has 0 saturated heterocycles. The lowest BCUT2D eigenvalue weighted by Gasteiger charge is -2.15. The zero-order valence-corrected chi connectivity index (χ0v) is 12.7. The number of hydrogen-bond donors (Lipinski definition) is 3. The van der Waals surface area contributed by atoms with Crippen LogP contribution in [0.4, 0.5) is 17.6 Å². The Bertz CT molecular complexity index is 526. The molecule has 0 aliphatic heterocycles. The first kappa shape index (κ1) is 14.6. The van der Waals surface area contributed by atoms with E-state index in [9.17, 15) is 0 Å². The van der Waals surface area contributed by atoms with Crippen LogP contribution in [-0.2, 0) is 6.42 Å². The highest BCUT2D eigenvalue weighted by molar-refractivity contribution is 7.07. The normalized spacial score (nSPS) is 12.1. The summed E-state index contributed by atoms with van der Waals surface area (Å²) < 4.78 is 0. The molecule has 2 aromatic rings. The molecule has 0 bridgehead atoms. The van der Waals surface area contributed by atoms with Crippen molar-refractivity contribution < 1.29 is 0 Å². The van der Waals surface area contributed by atoms with Gasteiger partial charge in [0, 0.05) is 18.7 Å². The van der Waals surface area contributed by atoms with Gasteiger partial charge in [0.05, 0.1) is 0 Å². The summed E-state index contributed by atoms with van der Waals surface area (Å²) in [5, 5.41) is 10.9. The van der Waals surface area contributed by atoms with E-state index >= 15 is 0 Å². The topological polar surface area (TPSA) is 75.9 Å². The van der Waals surface area contributed by atoms with Crippen molar-refractivity contribution in [3.63, 3.8) is 0 Å². The molecule has 108 valence electrons. The van der Waals surface area contributed by atoms with Crippen molar-refractivity contribution in [2.75, 3.05) is 22.9 Å². The number of nitrogen functional groups attached to an aromatic ring is 1. The van der Waals surface area contributed by atoms with E-state index in [1.165, 1.54) is 5.56 Å². The first-order valence-electron chi connectivity index (χ1n) is 6.83. The highest BCUT2D eigenvalue weighted by Gasteiger charge is 2.07. The zero-order valence-electron chi connectivity index (χ0n) is 11.9. The second-order valence-electron chi connectivity index (χ2n) is 4.80. The van der Waals surface area contributed by atoms with Gasteiger partial charge < -0.3 is 16.4 Å².